The van der Waals surface area contributed by atoms with Crippen LogP contribution in [0.1, 0.15) is 41.8 Å². The summed E-state index contributed by atoms with van der Waals surface area (Å²) in [5.41, 5.74) is 5.41. The molecule has 3 nitrogen and oxygen atoms in total. The maximum atomic E-state index is 12.6. The van der Waals surface area contributed by atoms with Gasteiger partial charge in [-0.3, -0.25) is 0 Å². The monoisotopic (exact) mass is 371 g/mol. The van der Waals surface area contributed by atoms with E-state index in [4.69, 9.17) is 4.74 Å². The van der Waals surface area contributed by atoms with Crippen molar-refractivity contribution in [2.24, 2.45) is 0 Å². The van der Waals surface area contributed by atoms with E-state index in [0.717, 1.165) is 24.9 Å². The van der Waals surface area contributed by atoms with Crippen LogP contribution in [0.4, 0.5) is 0 Å². The van der Waals surface area contributed by atoms with Gasteiger partial charge in [-0.2, -0.15) is 0 Å². The van der Waals surface area contributed by atoms with Crippen LogP contribution >= 0.6 is 0 Å². The molecule has 0 N–H and O–H groups in total. The van der Waals surface area contributed by atoms with Gasteiger partial charge in [0.1, 0.15) is 5.75 Å². The lowest BCUT2D eigenvalue weighted by molar-refractivity contribution is 0.0735. The molecular weight excluding hydrogens is 346 g/mol. The SMILES string of the molecule is CCCc1cc(OC(=O)c2ccccc2)cc2c1c1cc(C)ccc1n2CC. The average Bonchev–Trinajstić information content (AvgIpc) is 3.01. The Hall–Kier alpha value is -3.07. The van der Waals surface area contributed by atoms with Gasteiger partial charge in [0.05, 0.1) is 11.1 Å². The third-order valence-corrected chi connectivity index (χ3v) is 5.23. The Kier molecular flexibility index (Phi) is 4.91. The molecule has 1 aromatic heterocycles. The van der Waals surface area contributed by atoms with Crippen LogP contribution in [0.25, 0.3) is 21.8 Å². The van der Waals surface area contributed by atoms with E-state index >= 15 is 0 Å². The molecule has 0 amide bonds. The predicted molar refractivity (Wildman–Crippen MR) is 115 cm³/mol. The first-order valence-electron chi connectivity index (χ1n) is 9.95. The van der Waals surface area contributed by atoms with Crippen LogP contribution in [-0.2, 0) is 13.0 Å². The highest BCUT2D eigenvalue weighted by Gasteiger charge is 2.17. The Balaban J connectivity index is 1.90. The smallest absolute Gasteiger partial charge is 0.343 e. The van der Waals surface area contributed by atoms with Crippen molar-refractivity contribution in [2.45, 2.75) is 40.2 Å². The molecule has 0 atom stereocenters. The predicted octanol–water partition coefficient (Wildman–Crippen LogP) is 6.29. The first-order chi connectivity index (χ1) is 13.6. The van der Waals surface area contributed by atoms with Gasteiger partial charge >= 0.3 is 5.97 Å². The molecule has 3 aromatic carbocycles. The van der Waals surface area contributed by atoms with Crippen LogP contribution in [0.2, 0.25) is 0 Å². The third kappa shape index (κ3) is 3.18. The number of rotatable bonds is 5. The number of carbonyl (C=O) groups excluding carboxylic acids is 1. The summed E-state index contributed by atoms with van der Waals surface area (Å²) in [6, 6.07) is 19.8. The molecule has 4 rings (SSSR count). The summed E-state index contributed by atoms with van der Waals surface area (Å²) in [5, 5.41) is 2.56. The molecule has 0 fully saturated rings. The Morgan fingerprint density at radius 3 is 2.46 bits per heavy atom. The van der Waals surface area contributed by atoms with Crippen LogP contribution < -0.4 is 4.74 Å². The molecule has 0 spiro atoms. The van der Waals surface area contributed by atoms with E-state index in [1.165, 1.54) is 27.4 Å². The number of hydrogen-bond donors (Lipinski definition) is 0. The maximum absolute atomic E-state index is 12.6. The van der Waals surface area contributed by atoms with Crippen molar-refractivity contribution >= 4 is 27.8 Å². The van der Waals surface area contributed by atoms with Crippen molar-refractivity contribution in [3.05, 3.63) is 77.4 Å². The third-order valence-electron chi connectivity index (χ3n) is 5.23. The lowest BCUT2D eigenvalue weighted by Gasteiger charge is -2.10. The minimum atomic E-state index is -0.322. The summed E-state index contributed by atoms with van der Waals surface area (Å²) in [6.45, 7) is 7.33. The van der Waals surface area contributed by atoms with E-state index < -0.39 is 0 Å². The second kappa shape index (κ2) is 7.51. The van der Waals surface area contributed by atoms with Crippen molar-refractivity contribution in [1.29, 1.82) is 0 Å². The molecule has 0 unspecified atom stereocenters. The quantitative estimate of drug-likeness (QED) is 0.305. The Morgan fingerprint density at radius 2 is 1.75 bits per heavy atom. The van der Waals surface area contributed by atoms with Gasteiger partial charge in [0.15, 0.2) is 0 Å². The highest BCUT2D eigenvalue weighted by molar-refractivity contribution is 6.10. The Labute approximate surface area is 165 Å². The molecule has 0 aliphatic carbocycles. The minimum Gasteiger partial charge on any atom is -0.423 e. The molecule has 0 saturated heterocycles. The molecule has 28 heavy (non-hydrogen) atoms. The van der Waals surface area contributed by atoms with E-state index in [1.807, 2.05) is 30.3 Å². The zero-order valence-corrected chi connectivity index (χ0v) is 16.7. The van der Waals surface area contributed by atoms with Crippen LogP contribution in [0, 0.1) is 6.92 Å². The van der Waals surface area contributed by atoms with E-state index in [0.29, 0.717) is 11.3 Å². The summed E-state index contributed by atoms with van der Waals surface area (Å²) >= 11 is 0. The fourth-order valence-corrected chi connectivity index (χ4v) is 4.00. The van der Waals surface area contributed by atoms with Gasteiger partial charge in [0.25, 0.3) is 0 Å². The minimum absolute atomic E-state index is 0.322. The van der Waals surface area contributed by atoms with E-state index in [2.05, 4.69) is 43.5 Å². The van der Waals surface area contributed by atoms with Crippen LogP contribution in [0.15, 0.2) is 60.7 Å². The molecule has 1 heterocycles. The van der Waals surface area contributed by atoms with Crippen molar-refractivity contribution < 1.29 is 9.53 Å². The first kappa shape index (κ1) is 18.3. The molecule has 0 radical (unpaired) electrons. The van der Waals surface area contributed by atoms with Gasteiger partial charge in [-0.05, 0) is 56.2 Å². The van der Waals surface area contributed by atoms with E-state index in [-0.39, 0.29) is 5.97 Å². The highest BCUT2D eigenvalue weighted by Crippen LogP contribution is 2.36. The van der Waals surface area contributed by atoms with E-state index in [1.54, 1.807) is 12.1 Å². The molecule has 142 valence electrons. The Morgan fingerprint density at radius 1 is 0.964 bits per heavy atom. The highest BCUT2D eigenvalue weighted by atomic mass is 16.5. The van der Waals surface area contributed by atoms with Crippen molar-refractivity contribution in [3.63, 3.8) is 0 Å². The number of aryl methyl sites for hydroxylation is 3. The number of hydrogen-bond acceptors (Lipinski definition) is 2. The van der Waals surface area contributed by atoms with Gasteiger partial charge in [-0.1, -0.05) is 43.2 Å². The zero-order valence-electron chi connectivity index (χ0n) is 16.7. The fourth-order valence-electron chi connectivity index (χ4n) is 4.00. The van der Waals surface area contributed by atoms with Gasteiger partial charge in [-0.25, -0.2) is 4.79 Å². The molecule has 0 aliphatic heterocycles. The number of nitrogens with zero attached hydrogens (tertiary/aromatic N) is 1. The summed E-state index contributed by atoms with van der Waals surface area (Å²) in [7, 11) is 0. The topological polar surface area (TPSA) is 31.2 Å². The fraction of sp³-hybridized carbons (Fsp3) is 0.240. The molecule has 0 bridgehead atoms. The molecular formula is C25H25NO2. The number of esters is 1. The first-order valence-corrected chi connectivity index (χ1v) is 9.95. The number of aromatic nitrogens is 1. The molecule has 0 aliphatic rings. The van der Waals surface area contributed by atoms with Gasteiger partial charge in [-0.15, -0.1) is 0 Å². The van der Waals surface area contributed by atoms with Crippen molar-refractivity contribution in [2.75, 3.05) is 0 Å². The summed E-state index contributed by atoms with van der Waals surface area (Å²) in [6.07, 6.45) is 1.99. The summed E-state index contributed by atoms with van der Waals surface area (Å²) in [5.74, 6) is 0.288. The second-order valence-electron chi connectivity index (χ2n) is 7.25. The van der Waals surface area contributed by atoms with Gasteiger partial charge in [0, 0.05) is 28.9 Å². The normalized spacial score (nSPS) is 11.2. The Bertz CT molecular complexity index is 1160. The lowest BCUT2D eigenvalue weighted by Crippen LogP contribution is -2.08. The molecule has 4 aromatic rings. The lowest BCUT2D eigenvalue weighted by atomic mass is 10.0. The average molecular weight is 371 g/mol. The van der Waals surface area contributed by atoms with Crippen molar-refractivity contribution in [3.8, 4) is 5.75 Å². The van der Waals surface area contributed by atoms with Crippen LogP contribution in [-0.4, -0.2) is 10.5 Å². The van der Waals surface area contributed by atoms with Crippen LogP contribution in [0.3, 0.4) is 0 Å². The molecule has 3 heteroatoms. The number of fused-ring (bicyclic) bond motifs is 3. The van der Waals surface area contributed by atoms with Gasteiger partial charge < -0.3 is 9.30 Å². The van der Waals surface area contributed by atoms with E-state index in [9.17, 15) is 4.79 Å². The zero-order chi connectivity index (χ0) is 19.7. The number of ether oxygens (including phenoxy) is 1. The summed E-state index contributed by atoms with van der Waals surface area (Å²) in [4.78, 5) is 12.6. The molecule has 0 saturated carbocycles. The number of benzene rings is 3. The largest absolute Gasteiger partial charge is 0.423 e. The maximum Gasteiger partial charge on any atom is 0.343 e. The van der Waals surface area contributed by atoms with Gasteiger partial charge in [0.2, 0.25) is 0 Å². The summed E-state index contributed by atoms with van der Waals surface area (Å²) < 4.78 is 8.07. The van der Waals surface area contributed by atoms with Crippen molar-refractivity contribution in [1.82, 2.24) is 4.57 Å². The number of carbonyl (C=O) groups is 1. The standard InChI is InChI=1S/C25H25NO2/c1-4-9-19-15-20(28-25(27)18-10-7-6-8-11-18)16-23-24(19)21-14-17(3)12-13-22(21)26(23)5-2/h6-8,10-16H,4-5,9H2,1-3H3. The van der Waals surface area contributed by atoms with Crippen LogP contribution in [0.5, 0.6) is 5.75 Å². The second-order valence-corrected chi connectivity index (χ2v) is 7.25.